The van der Waals surface area contributed by atoms with E-state index in [4.69, 9.17) is 0 Å². The molecular formula is C17H32N2O3S. The number of nitrogens with zero attached hydrogens (tertiary/aromatic N) is 1. The zero-order chi connectivity index (χ0) is 17.7. The van der Waals surface area contributed by atoms with Gasteiger partial charge in [-0.2, -0.15) is 0 Å². The summed E-state index contributed by atoms with van der Waals surface area (Å²) in [7, 11) is 0.488. The molecule has 0 radical (unpaired) electrons. The topological polar surface area (TPSA) is 66.5 Å². The predicted molar refractivity (Wildman–Crippen MR) is 92.7 cm³/mol. The van der Waals surface area contributed by atoms with Crippen LogP contribution >= 0.6 is 0 Å². The highest BCUT2D eigenvalue weighted by Gasteiger charge is 2.65. The van der Waals surface area contributed by atoms with E-state index in [0.717, 1.165) is 13.0 Å². The van der Waals surface area contributed by atoms with Gasteiger partial charge in [-0.15, -0.1) is 0 Å². The van der Waals surface area contributed by atoms with Crippen LogP contribution in [0.2, 0.25) is 0 Å². The first-order valence-corrected chi connectivity index (χ1v) is 10.1. The van der Waals surface area contributed by atoms with Crippen LogP contribution in [0.25, 0.3) is 0 Å². The Kier molecular flexibility index (Phi) is 4.77. The van der Waals surface area contributed by atoms with Crippen LogP contribution in [0.3, 0.4) is 0 Å². The molecule has 0 saturated heterocycles. The lowest BCUT2D eigenvalue weighted by atomic mass is 9.70. The number of ketones is 1. The first-order valence-electron chi connectivity index (χ1n) is 8.47. The molecule has 0 unspecified atom stereocenters. The largest absolute Gasteiger partial charge is 0.309 e. The molecular weight excluding hydrogens is 312 g/mol. The van der Waals surface area contributed by atoms with Crippen LogP contribution in [0, 0.1) is 22.2 Å². The third-order valence-electron chi connectivity index (χ3n) is 6.09. The van der Waals surface area contributed by atoms with Crippen molar-refractivity contribution in [3.63, 3.8) is 0 Å². The van der Waals surface area contributed by atoms with Crippen molar-refractivity contribution in [2.75, 3.05) is 32.9 Å². The Morgan fingerprint density at radius 1 is 1.30 bits per heavy atom. The van der Waals surface area contributed by atoms with Gasteiger partial charge in [-0.1, -0.05) is 27.7 Å². The Morgan fingerprint density at radius 3 is 2.35 bits per heavy atom. The van der Waals surface area contributed by atoms with Crippen molar-refractivity contribution in [3.05, 3.63) is 0 Å². The standard InChI is InChI=1S/C17H32N2O3S/c1-15(2,11-19(5)6)10-18-23(21,22)12-17-8-7-13(9-14(17)20)16(17,3)4/h13,18H,7-12H2,1-6H3/t13-,17-/m0/s1. The molecule has 2 atom stereocenters. The molecule has 2 bridgehead atoms. The molecule has 0 aromatic carbocycles. The fraction of sp³-hybridized carbons (Fsp3) is 0.941. The van der Waals surface area contributed by atoms with Gasteiger partial charge in [0.05, 0.1) is 5.75 Å². The van der Waals surface area contributed by atoms with Crippen LogP contribution in [-0.4, -0.2) is 52.0 Å². The minimum Gasteiger partial charge on any atom is -0.309 e. The van der Waals surface area contributed by atoms with E-state index in [2.05, 4.69) is 23.5 Å². The van der Waals surface area contributed by atoms with E-state index >= 15 is 0 Å². The number of Topliss-reactive ketones (excluding diaryl/α,β-unsaturated/α-hetero) is 1. The van der Waals surface area contributed by atoms with E-state index < -0.39 is 15.4 Å². The highest BCUT2D eigenvalue weighted by atomic mass is 32.2. The molecule has 2 aliphatic carbocycles. The number of nitrogens with one attached hydrogen (secondary N) is 1. The van der Waals surface area contributed by atoms with Gasteiger partial charge in [-0.05, 0) is 43.7 Å². The van der Waals surface area contributed by atoms with Crippen molar-refractivity contribution in [1.82, 2.24) is 9.62 Å². The quantitative estimate of drug-likeness (QED) is 0.766. The molecule has 0 aromatic rings. The molecule has 23 heavy (non-hydrogen) atoms. The van der Waals surface area contributed by atoms with E-state index in [1.54, 1.807) is 0 Å². The molecule has 0 heterocycles. The third-order valence-corrected chi connectivity index (χ3v) is 7.55. The summed E-state index contributed by atoms with van der Waals surface area (Å²) in [5.74, 6) is 0.437. The molecule has 0 aliphatic heterocycles. The molecule has 0 aromatic heterocycles. The zero-order valence-electron chi connectivity index (χ0n) is 15.4. The van der Waals surface area contributed by atoms with Gasteiger partial charge >= 0.3 is 0 Å². The van der Waals surface area contributed by atoms with Gasteiger partial charge in [-0.3, -0.25) is 4.79 Å². The average molecular weight is 345 g/mol. The van der Waals surface area contributed by atoms with Crippen molar-refractivity contribution < 1.29 is 13.2 Å². The van der Waals surface area contributed by atoms with Crippen LogP contribution in [0.4, 0.5) is 0 Å². The van der Waals surface area contributed by atoms with Gasteiger partial charge in [0.25, 0.3) is 0 Å². The summed E-state index contributed by atoms with van der Waals surface area (Å²) >= 11 is 0. The average Bonchev–Trinajstić information content (AvgIpc) is 2.69. The highest BCUT2D eigenvalue weighted by molar-refractivity contribution is 7.89. The first kappa shape index (κ1) is 18.9. The summed E-state index contributed by atoms with van der Waals surface area (Å²) in [6.07, 6.45) is 2.24. The lowest BCUT2D eigenvalue weighted by Crippen LogP contribution is -2.47. The van der Waals surface area contributed by atoms with Crippen LogP contribution in [-0.2, 0) is 14.8 Å². The number of rotatable bonds is 7. The summed E-state index contributed by atoms with van der Waals surface area (Å²) in [5, 5.41) is 0. The van der Waals surface area contributed by atoms with Gasteiger partial charge in [0.2, 0.25) is 10.0 Å². The Bertz CT molecular complexity index is 581. The van der Waals surface area contributed by atoms with E-state index in [-0.39, 0.29) is 22.4 Å². The summed E-state index contributed by atoms with van der Waals surface area (Å²) in [5.41, 5.74) is -1.05. The molecule has 5 nitrogen and oxygen atoms in total. The number of carbonyl (C=O) groups excluding carboxylic acids is 1. The monoisotopic (exact) mass is 344 g/mol. The third kappa shape index (κ3) is 3.49. The van der Waals surface area contributed by atoms with Crippen molar-refractivity contribution in [2.24, 2.45) is 22.2 Å². The minimum atomic E-state index is -3.47. The second-order valence-corrected chi connectivity index (χ2v) is 11.0. The zero-order valence-corrected chi connectivity index (χ0v) is 16.2. The van der Waals surface area contributed by atoms with E-state index in [1.165, 1.54) is 0 Å². The molecule has 0 amide bonds. The molecule has 0 spiro atoms. The van der Waals surface area contributed by atoms with Gasteiger partial charge in [-0.25, -0.2) is 13.1 Å². The maximum absolute atomic E-state index is 12.7. The Morgan fingerprint density at radius 2 is 1.91 bits per heavy atom. The smallest absolute Gasteiger partial charge is 0.212 e. The normalized spacial score (nSPS) is 30.4. The van der Waals surface area contributed by atoms with E-state index in [1.807, 2.05) is 27.9 Å². The number of hydrogen-bond donors (Lipinski definition) is 1. The summed E-state index contributed by atoms with van der Waals surface area (Å²) in [4.78, 5) is 14.6. The summed E-state index contributed by atoms with van der Waals surface area (Å²) in [6, 6.07) is 0. The molecule has 1 N–H and O–H groups in total. The Balaban J connectivity index is 2.08. The Hall–Kier alpha value is -0.460. The predicted octanol–water partition coefficient (Wildman–Crippen LogP) is 1.89. The first-order chi connectivity index (χ1) is 10.3. The van der Waals surface area contributed by atoms with Crippen LogP contribution < -0.4 is 4.72 Å². The van der Waals surface area contributed by atoms with E-state index in [9.17, 15) is 13.2 Å². The molecule has 2 saturated carbocycles. The van der Waals surface area contributed by atoms with Crippen LogP contribution in [0.5, 0.6) is 0 Å². The number of hydrogen-bond acceptors (Lipinski definition) is 4. The maximum Gasteiger partial charge on any atom is 0.212 e. The molecule has 6 heteroatoms. The van der Waals surface area contributed by atoms with E-state index in [0.29, 0.717) is 25.3 Å². The van der Waals surface area contributed by atoms with Gasteiger partial charge in [0, 0.05) is 24.9 Å². The van der Waals surface area contributed by atoms with Crippen molar-refractivity contribution >= 4 is 15.8 Å². The summed E-state index contributed by atoms with van der Waals surface area (Å²) in [6.45, 7) is 9.42. The second kappa shape index (κ2) is 5.81. The molecule has 2 fully saturated rings. The van der Waals surface area contributed by atoms with Gasteiger partial charge in [0.1, 0.15) is 5.78 Å². The van der Waals surface area contributed by atoms with Crippen molar-refractivity contribution in [3.8, 4) is 0 Å². The van der Waals surface area contributed by atoms with Crippen LogP contribution in [0.1, 0.15) is 47.0 Å². The fourth-order valence-corrected chi connectivity index (χ4v) is 6.74. The van der Waals surface area contributed by atoms with Gasteiger partial charge < -0.3 is 4.90 Å². The molecule has 2 rings (SSSR count). The lowest BCUT2D eigenvalue weighted by molar-refractivity contribution is -0.128. The lowest BCUT2D eigenvalue weighted by Gasteiger charge is -2.36. The van der Waals surface area contributed by atoms with Gasteiger partial charge in [0.15, 0.2) is 0 Å². The molecule has 134 valence electrons. The fourth-order valence-electron chi connectivity index (χ4n) is 4.70. The van der Waals surface area contributed by atoms with Crippen molar-refractivity contribution in [2.45, 2.75) is 47.0 Å². The number of carbonyl (C=O) groups is 1. The summed E-state index contributed by atoms with van der Waals surface area (Å²) < 4.78 is 28.1. The van der Waals surface area contributed by atoms with Crippen molar-refractivity contribution in [1.29, 1.82) is 0 Å². The number of sulfonamides is 1. The number of fused-ring (bicyclic) bond motifs is 2. The highest BCUT2D eigenvalue weighted by Crippen LogP contribution is 2.64. The SMILES string of the molecule is CN(C)CC(C)(C)CNS(=O)(=O)C[C@@]12CC[C@@H](CC1=O)C2(C)C. The van der Waals surface area contributed by atoms with Crippen LogP contribution in [0.15, 0.2) is 0 Å². The second-order valence-electron chi connectivity index (χ2n) is 9.15. The maximum atomic E-state index is 12.7. The Labute approximate surface area is 141 Å². The minimum absolute atomic E-state index is 0.0552. The molecule has 2 aliphatic rings.